The highest BCUT2D eigenvalue weighted by Gasteiger charge is 2.41. The summed E-state index contributed by atoms with van der Waals surface area (Å²) in [6.07, 6.45) is 10.8. The molecule has 116 valence electrons. The Morgan fingerprint density at radius 2 is 2.14 bits per heavy atom. The molecule has 0 amide bonds. The molecule has 2 unspecified atom stereocenters. The molecular formula is C18H28N2O. The molecule has 2 atom stereocenters. The third kappa shape index (κ3) is 3.14. The highest BCUT2D eigenvalue weighted by atomic mass is 16.5. The molecule has 1 aliphatic carbocycles. The van der Waals surface area contributed by atoms with Gasteiger partial charge in [-0.1, -0.05) is 25.3 Å². The first kappa shape index (κ1) is 15.0. The second-order valence-corrected chi connectivity index (χ2v) is 6.82. The molecule has 2 heterocycles. The van der Waals surface area contributed by atoms with Crippen LogP contribution in [0.3, 0.4) is 0 Å². The fraction of sp³-hybridized carbons (Fsp3) is 0.722. The number of hydrogen-bond acceptors (Lipinski definition) is 3. The lowest BCUT2D eigenvalue weighted by Crippen LogP contribution is -2.44. The van der Waals surface area contributed by atoms with Crippen LogP contribution in [0.5, 0.6) is 0 Å². The molecule has 0 aromatic carbocycles. The van der Waals surface area contributed by atoms with Gasteiger partial charge in [-0.3, -0.25) is 4.98 Å². The van der Waals surface area contributed by atoms with E-state index in [-0.39, 0.29) is 5.60 Å². The Morgan fingerprint density at radius 1 is 1.33 bits per heavy atom. The first-order valence-corrected chi connectivity index (χ1v) is 8.47. The summed E-state index contributed by atoms with van der Waals surface area (Å²) in [7, 11) is 2.07. The van der Waals surface area contributed by atoms with E-state index in [1.165, 1.54) is 49.8 Å². The predicted octanol–water partition coefficient (Wildman–Crippen LogP) is 3.78. The standard InChI is InChI=1S/C18H28N2O/c1-14-7-6-11-20-16(14)17(19-2)15-8-12-21-18(13-15)9-4-3-5-10-18/h6-7,11,15,17,19H,3-5,8-10,12-13H2,1-2H3. The Morgan fingerprint density at radius 3 is 2.86 bits per heavy atom. The van der Waals surface area contributed by atoms with E-state index in [1.807, 2.05) is 12.3 Å². The lowest BCUT2D eigenvalue weighted by atomic mass is 9.73. The maximum atomic E-state index is 6.25. The Hall–Kier alpha value is -0.930. The minimum atomic E-state index is 0.166. The van der Waals surface area contributed by atoms with E-state index in [1.54, 1.807) is 0 Å². The van der Waals surface area contributed by atoms with Gasteiger partial charge in [0, 0.05) is 12.8 Å². The molecule has 2 fully saturated rings. The van der Waals surface area contributed by atoms with Gasteiger partial charge in [-0.05, 0) is 57.2 Å². The van der Waals surface area contributed by atoms with Crippen LogP contribution in [0.4, 0.5) is 0 Å². The monoisotopic (exact) mass is 288 g/mol. The maximum Gasteiger partial charge on any atom is 0.0686 e. The molecule has 3 heteroatoms. The van der Waals surface area contributed by atoms with Crippen LogP contribution in [0.1, 0.15) is 62.2 Å². The summed E-state index contributed by atoms with van der Waals surface area (Å²) in [5, 5.41) is 3.53. The summed E-state index contributed by atoms with van der Waals surface area (Å²) >= 11 is 0. The smallest absolute Gasteiger partial charge is 0.0686 e. The molecule has 3 nitrogen and oxygen atoms in total. The highest BCUT2D eigenvalue weighted by Crippen LogP contribution is 2.44. The SMILES string of the molecule is CNC(c1ncccc1C)C1CCOC2(CCCCC2)C1. The zero-order chi connectivity index (χ0) is 14.7. The van der Waals surface area contributed by atoms with Crippen LogP contribution in [0, 0.1) is 12.8 Å². The maximum absolute atomic E-state index is 6.25. The first-order valence-electron chi connectivity index (χ1n) is 8.47. The van der Waals surface area contributed by atoms with Crippen LogP contribution in [-0.2, 0) is 4.74 Å². The van der Waals surface area contributed by atoms with Crippen molar-refractivity contribution >= 4 is 0 Å². The normalized spacial score (nSPS) is 26.7. The van der Waals surface area contributed by atoms with E-state index in [0.717, 1.165) is 13.0 Å². The van der Waals surface area contributed by atoms with Crippen molar-refractivity contribution in [2.45, 2.75) is 63.5 Å². The molecular weight excluding hydrogens is 260 g/mol. The Labute approximate surface area is 128 Å². The number of aromatic nitrogens is 1. The average molecular weight is 288 g/mol. The van der Waals surface area contributed by atoms with E-state index in [4.69, 9.17) is 4.74 Å². The summed E-state index contributed by atoms with van der Waals surface area (Å²) in [4.78, 5) is 4.65. The second kappa shape index (κ2) is 6.45. The van der Waals surface area contributed by atoms with E-state index >= 15 is 0 Å². The van der Waals surface area contributed by atoms with Gasteiger partial charge in [0.05, 0.1) is 17.3 Å². The molecule has 0 radical (unpaired) electrons. The number of pyridine rings is 1. The van der Waals surface area contributed by atoms with Crippen molar-refractivity contribution in [3.8, 4) is 0 Å². The lowest BCUT2D eigenvalue weighted by Gasteiger charge is -2.45. The van der Waals surface area contributed by atoms with Crippen LogP contribution >= 0.6 is 0 Å². The molecule has 1 aliphatic heterocycles. The van der Waals surface area contributed by atoms with E-state index in [0.29, 0.717) is 12.0 Å². The quantitative estimate of drug-likeness (QED) is 0.919. The van der Waals surface area contributed by atoms with E-state index in [2.05, 4.69) is 30.3 Å². The molecule has 1 saturated heterocycles. The zero-order valence-electron chi connectivity index (χ0n) is 13.4. The third-order valence-corrected chi connectivity index (χ3v) is 5.42. The van der Waals surface area contributed by atoms with Gasteiger partial charge in [0.2, 0.25) is 0 Å². The van der Waals surface area contributed by atoms with Crippen molar-refractivity contribution in [1.29, 1.82) is 0 Å². The number of nitrogens with zero attached hydrogens (tertiary/aromatic N) is 1. The minimum Gasteiger partial charge on any atom is -0.375 e. The van der Waals surface area contributed by atoms with Gasteiger partial charge >= 0.3 is 0 Å². The fourth-order valence-electron chi connectivity index (χ4n) is 4.31. The van der Waals surface area contributed by atoms with E-state index in [9.17, 15) is 0 Å². The van der Waals surface area contributed by atoms with Gasteiger partial charge in [0.15, 0.2) is 0 Å². The van der Waals surface area contributed by atoms with Crippen molar-refractivity contribution in [2.75, 3.05) is 13.7 Å². The van der Waals surface area contributed by atoms with Gasteiger partial charge in [0.1, 0.15) is 0 Å². The van der Waals surface area contributed by atoms with Gasteiger partial charge in [-0.15, -0.1) is 0 Å². The first-order chi connectivity index (χ1) is 10.2. The molecule has 1 N–H and O–H groups in total. The third-order valence-electron chi connectivity index (χ3n) is 5.42. The number of nitrogens with one attached hydrogen (secondary N) is 1. The van der Waals surface area contributed by atoms with Crippen molar-refractivity contribution in [3.05, 3.63) is 29.6 Å². The predicted molar refractivity (Wildman–Crippen MR) is 85.3 cm³/mol. The van der Waals surface area contributed by atoms with Gasteiger partial charge in [-0.2, -0.15) is 0 Å². The average Bonchev–Trinajstić information content (AvgIpc) is 2.51. The molecule has 3 rings (SSSR count). The van der Waals surface area contributed by atoms with E-state index < -0.39 is 0 Å². The zero-order valence-corrected chi connectivity index (χ0v) is 13.4. The Kier molecular flexibility index (Phi) is 4.60. The van der Waals surface area contributed by atoms with Gasteiger partial charge in [0.25, 0.3) is 0 Å². The van der Waals surface area contributed by atoms with Crippen LogP contribution in [0.25, 0.3) is 0 Å². The number of ether oxygens (including phenoxy) is 1. The highest BCUT2D eigenvalue weighted by molar-refractivity contribution is 5.22. The number of aryl methyl sites for hydroxylation is 1. The largest absolute Gasteiger partial charge is 0.375 e. The number of rotatable bonds is 3. The molecule has 0 bridgehead atoms. The van der Waals surface area contributed by atoms with Crippen molar-refractivity contribution in [1.82, 2.24) is 10.3 Å². The van der Waals surface area contributed by atoms with Gasteiger partial charge in [-0.25, -0.2) is 0 Å². The lowest BCUT2D eigenvalue weighted by molar-refractivity contribution is -0.122. The van der Waals surface area contributed by atoms with Crippen LogP contribution in [0.2, 0.25) is 0 Å². The van der Waals surface area contributed by atoms with Crippen molar-refractivity contribution < 1.29 is 4.74 Å². The molecule has 1 spiro atoms. The molecule has 1 saturated carbocycles. The minimum absolute atomic E-state index is 0.166. The van der Waals surface area contributed by atoms with Crippen LogP contribution < -0.4 is 5.32 Å². The molecule has 21 heavy (non-hydrogen) atoms. The summed E-state index contributed by atoms with van der Waals surface area (Å²) in [5.74, 6) is 0.635. The van der Waals surface area contributed by atoms with Crippen LogP contribution in [0.15, 0.2) is 18.3 Å². The molecule has 1 aromatic rings. The number of hydrogen-bond donors (Lipinski definition) is 1. The topological polar surface area (TPSA) is 34.2 Å². The summed E-state index contributed by atoms with van der Waals surface area (Å²) in [5.41, 5.74) is 2.68. The van der Waals surface area contributed by atoms with Gasteiger partial charge < -0.3 is 10.1 Å². The fourth-order valence-corrected chi connectivity index (χ4v) is 4.31. The molecule has 1 aromatic heterocycles. The summed E-state index contributed by atoms with van der Waals surface area (Å²) < 4.78 is 6.25. The Bertz CT molecular complexity index is 463. The Balaban J connectivity index is 1.79. The second-order valence-electron chi connectivity index (χ2n) is 6.82. The van der Waals surface area contributed by atoms with Crippen LogP contribution in [-0.4, -0.2) is 24.2 Å². The summed E-state index contributed by atoms with van der Waals surface area (Å²) in [6.45, 7) is 3.08. The summed E-state index contributed by atoms with van der Waals surface area (Å²) in [6, 6.07) is 4.55. The van der Waals surface area contributed by atoms with Crippen molar-refractivity contribution in [2.24, 2.45) is 5.92 Å². The van der Waals surface area contributed by atoms with Crippen molar-refractivity contribution in [3.63, 3.8) is 0 Å². The molecule has 2 aliphatic rings.